The molecule has 0 aliphatic heterocycles. The molecule has 0 bridgehead atoms. The van der Waals surface area contributed by atoms with E-state index in [1.54, 1.807) is 48.1 Å². The summed E-state index contributed by atoms with van der Waals surface area (Å²) in [5.74, 6) is 0. The molecule has 3 rings (SSSR count). The van der Waals surface area contributed by atoms with Crippen molar-refractivity contribution in [1.29, 1.82) is 0 Å². The van der Waals surface area contributed by atoms with Gasteiger partial charge >= 0.3 is 0 Å². The molecule has 3 heterocycles. The summed E-state index contributed by atoms with van der Waals surface area (Å²) >= 11 is 6.55. The van der Waals surface area contributed by atoms with E-state index in [1.165, 1.54) is 0 Å². The van der Waals surface area contributed by atoms with Gasteiger partial charge in [0.15, 0.2) is 0 Å². The number of anilines is 1. The van der Waals surface area contributed by atoms with Gasteiger partial charge in [-0.3, -0.25) is 14.5 Å². The van der Waals surface area contributed by atoms with Gasteiger partial charge in [-0.2, -0.15) is 0 Å². The first-order valence-corrected chi connectivity index (χ1v) is 7.05. The van der Waals surface area contributed by atoms with Crippen LogP contribution in [0.5, 0.6) is 0 Å². The number of aromatic nitrogens is 5. The van der Waals surface area contributed by atoms with Gasteiger partial charge in [-0.05, 0) is 44.0 Å². The number of hydrogen-bond donors (Lipinski definition) is 1. The minimum absolute atomic E-state index is 0.680. The van der Waals surface area contributed by atoms with Crippen LogP contribution in [0.2, 0.25) is 0 Å². The maximum absolute atomic E-state index is 5.37. The van der Waals surface area contributed by atoms with E-state index >= 15 is 0 Å². The average molecular weight is 398 g/mol. The molecule has 6 nitrogen and oxygen atoms in total. The molecule has 3 aromatic heterocycles. The van der Waals surface area contributed by atoms with E-state index in [1.807, 2.05) is 6.07 Å². The Balaban J connectivity index is 0.000000160. The van der Waals surface area contributed by atoms with Gasteiger partial charge in [0.25, 0.3) is 0 Å². The Morgan fingerprint density at radius 3 is 1.95 bits per heavy atom. The van der Waals surface area contributed by atoms with Crippen LogP contribution in [-0.4, -0.2) is 24.7 Å². The summed E-state index contributed by atoms with van der Waals surface area (Å²) in [6.07, 6.45) is 10.0. The summed E-state index contributed by atoms with van der Waals surface area (Å²) in [6, 6.07) is 3.74. The van der Waals surface area contributed by atoms with Crippen molar-refractivity contribution in [3.8, 4) is 5.69 Å². The third kappa shape index (κ3) is 4.39. The first-order chi connectivity index (χ1) is 9.65. The van der Waals surface area contributed by atoms with Crippen LogP contribution in [-0.2, 0) is 0 Å². The Bertz CT molecular complexity index is 654. The molecule has 2 N–H and O–H groups in total. The number of pyridine rings is 2. The maximum atomic E-state index is 5.37. The molecule has 20 heavy (non-hydrogen) atoms. The molecule has 3 aromatic rings. The molecule has 0 radical (unpaired) electrons. The number of rotatable bonds is 1. The van der Waals surface area contributed by atoms with Crippen LogP contribution in [0.4, 0.5) is 5.69 Å². The minimum Gasteiger partial charge on any atom is -0.397 e. The first kappa shape index (κ1) is 14.6. The summed E-state index contributed by atoms with van der Waals surface area (Å²) in [5, 5.41) is 7.40. The minimum atomic E-state index is 0.680. The Morgan fingerprint density at radius 2 is 1.45 bits per heavy atom. The molecule has 8 heteroatoms. The molecule has 0 unspecified atom stereocenters. The van der Waals surface area contributed by atoms with Crippen molar-refractivity contribution in [3.05, 3.63) is 58.5 Å². The third-order valence-corrected chi connectivity index (χ3v) is 3.00. The van der Waals surface area contributed by atoms with E-state index < -0.39 is 0 Å². The highest BCUT2D eigenvalue weighted by Gasteiger charge is 1.95. The molecule has 0 atom stereocenters. The van der Waals surface area contributed by atoms with Gasteiger partial charge in [0.2, 0.25) is 0 Å². The van der Waals surface area contributed by atoms with E-state index in [-0.39, 0.29) is 0 Å². The number of nitrogen functional groups attached to an aromatic ring is 1. The quantitative estimate of drug-likeness (QED) is 0.682. The van der Waals surface area contributed by atoms with E-state index in [0.29, 0.717) is 5.69 Å². The van der Waals surface area contributed by atoms with Gasteiger partial charge in [0.05, 0.1) is 17.6 Å². The van der Waals surface area contributed by atoms with Crippen molar-refractivity contribution < 1.29 is 0 Å². The summed E-state index contributed by atoms with van der Waals surface area (Å²) in [4.78, 5) is 7.83. The van der Waals surface area contributed by atoms with Gasteiger partial charge in [0, 0.05) is 27.5 Å². The molecule has 0 saturated heterocycles. The summed E-state index contributed by atoms with van der Waals surface area (Å²) in [6.45, 7) is 0. The van der Waals surface area contributed by atoms with Gasteiger partial charge in [-0.15, -0.1) is 10.2 Å². The molecular formula is C12H10Br2N6. The second-order valence-corrected chi connectivity index (χ2v) is 5.50. The fraction of sp³-hybridized carbons (Fsp3) is 0. The molecule has 0 amide bonds. The summed E-state index contributed by atoms with van der Waals surface area (Å²) < 4.78 is 3.64. The predicted molar refractivity (Wildman–Crippen MR) is 83.2 cm³/mol. The number of nitrogens with two attached hydrogens (primary N) is 1. The zero-order valence-electron chi connectivity index (χ0n) is 10.2. The van der Waals surface area contributed by atoms with Crippen molar-refractivity contribution >= 4 is 37.5 Å². The Kier molecular flexibility index (Phi) is 5.19. The molecular weight excluding hydrogens is 388 g/mol. The van der Waals surface area contributed by atoms with Crippen LogP contribution in [0.25, 0.3) is 5.69 Å². The third-order valence-electron chi connectivity index (χ3n) is 2.13. The average Bonchev–Trinajstić information content (AvgIpc) is 2.93. The van der Waals surface area contributed by atoms with Crippen molar-refractivity contribution in [2.24, 2.45) is 0 Å². The van der Waals surface area contributed by atoms with E-state index in [4.69, 9.17) is 5.73 Å². The van der Waals surface area contributed by atoms with Crippen molar-refractivity contribution in [2.45, 2.75) is 0 Å². The molecule has 0 saturated carbocycles. The standard InChI is InChI=1S/C7H5BrN4.C5H5BrN2/c8-6-1-7(3-9-2-6)12-4-10-11-5-12;6-4-1-5(7)3-8-2-4/h1-5H;1-3H,7H2. The number of hydrogen-bond acceptors (Lipinski definition) is 5. The lowest BCUT2D eigenvalue weighted by atomic mass is 10.4. The van der Waals surface area contributed by atoms with Crippen LogP contribution in [0, 0.1) is 0 Å². The van der Waals surface area contributed by atoms with Crippen LogP contribution >= 0.6 is 31.9 Å². The van der Waals surface area contributed by atoms with E-state index in [0.717, 1.165) is 14.6 Å². The smallest absolute Gasteiger partial charge is 0.123 e. The predicted octanol–water partition coefficient (Wildman–Crippen LogP) is 2.85. The zero-order chi connectivity index (χ0) is 14.4. The number of halogens is 2. The largest absolute Gasteiger partial charge is 0.397 e. The van der Waals surface area contributed by atoms with Crippen LogP contribution in [0.3, 0.4) is 0 Å². The lowest BCUT2D eigenvalue weighted by Crippen LogP contribution is -1.90. The maximum Gasteiger partial charge on any atom is 0.123 e. The zero-order valence-corrected chi connectivity index (χ0v) is 13.4. The normalized spacial score (nSPS) is 9.70. The summed E-state index contributed by atoms with van der Waals surface area (Å²) in [5.41, 5.74) is 6.99. The highest BCUT2D eigenvalue weighted by molar-refractivity contribution is 9.10. The second kappa shape index (κ2) is 7.11. The van der Waals surface area contributed by atoms with Gasteiger partial charge < -0.3 is 5.73 Å². The van der Waals surface area contributed by atoms with E-state index in [2.05, 4.69) is 52.0 Å². The van der Waals surface area contributed by atoms with Gasteiger partial charge in [-0.25, -0.2) is 0 Å². The molecule has 0 aromatic carbocycles. The second-order valence-electron chi connectivity index (χ2n) is 3.67. The van der Waals surface area contributed by atoms with Gasteiger partial charge in [-0.1, -0.05) is 0 Å². The lowest BCUT2D eigenvalue weighted by Gasteiger charge is -1.98. The van der Waals surface area contributed by atoms with Crippen LogP contribution in [0.15, 0.2) is 58.5 Å². The van der Waals surface area contributed by atoms with Crippen LogP contribution in [0.1, 0.15) is 0 Å². The first-order valence-electron chi connectivity index (χ1n) is 5.47. The topological polar surface area (TPSA) is 82.5 Å². The molecule has 0 fully saturated rings. The SMILES string of the molecule is Brc1cncc(-n2cnnc2)c1.Nc1cncc(Br)c1. The highest BCUT2D eigenvalue weighted by Crippen LogP contribution is 2.12. The molecule has 102 valence electrons. The Hall–Kier alpha value is -1.80. The van der Waals surface area contributed by atoms with Crippen molar-refractivity contribution in [2.75, 3.05) is 5.73 Å². The number of nitrogens with zero attached hydrogens (tertiary/aromatic N) is 5. The van der Waals surface area contributed by atoms with Gasteiger partial charge in [0.1, 0.15) is 12.7 Å². The molecule has 0 aliphatic rings. The van der Waals surface area contributed by atoms with E-state index in [9.17, 15) is 0 Å². The fourth-order valence-electron chi connectivity index (χ4n) is 1.30. The van der Waals surface area contributed by atoms with Crippen molar-refractivity contribution in [1.82, 2.24) is 24.7 Å². The monoisotopic (exact) mass is 396 g/mol. The summed E-state index contributed by atoms with van der Waals surface area (Å²) in [7, 11) is 0. The van der Waals surface area contributed by atoms with Crippen molar-refractivity contribution in [3.63, 3.8) is 0 Å². The molecule has 0 spiro atoms. The Labute approximate surface area is 132 Å². The highest BCUT2D eigenvalue weighted by atomic mass is 79.9. The Morgan fingerprint density at radius 1 is 0.850 bits per heavy atom. The fourth-order valence-corrected chi connectivity index (χ4v) is 2.04. The van der Waals surface area contributed by atoms with Crippen LogP contribution < -0.4 is 5.73 Å². The molecule has 0 aliphatic carbocycles. The lowest BCUT2D eigenvalue weighted by molar-refractivity contribution is 1.03.